The number of fused-ring (bicyclic) bond motifs is 2. The van der Waals surface area contributed by atoms with E-state index in [1.807, 2.05) is 0 Å². The summed E-state index contributed by atoms with van der Waals surface area (Å²) in [5.41, 5.74) is 0. The summed E-state index contributed by atoms with van der Waals surface area (Å²) < 4.78 is 5.81. The summed E-state index contributed by atoms with van der Waals surface area (Å²) in [7, 11) is 0. The van der Waals surface area contributed by atoms with E-state index >= 15 is 0 Å². The molecule has 0 aromatic rings. The van der Waals surface area contributed by atoms with Crippen LogP contribution in [0.4, 0.5) is 0 Å². The summed E-state index contributed by atoms with van der Waals surface area (Å²) in [6, 6.07) is 0.506. The molecular formula is C14H25NO2. The lowest BCUT2D eigenvalue weighted by Gasteiger charge is -2.23. The molecule has 2 N–H and O–H groups in total. The Kier molecular flexibility index (Phi) is 3.69. The molecule has 2 aliphatic heterocycles. The summed E-state index contributed by atoms with van der Waals surface area (Å²) in [6.45, 7) is 0.758. The van der Waals surface area contributed by atoms with Crippen LogP contribution in [0.1, 0.15) is 51.4 Å². The maximum absolute atomic E-state index is 10.0. The zero-order chi connectivity index (χ0) is 11.7. The summed E-state index contributed by atoms with van der Waals surface area (Å²) in [6.07, 6.45) is 10.8. The van der Waals surface area contributed by atoms with Crippen molar-refractivity contribution in [3.8, 4) is 0 Å². The number of aliphatic hydroxyl groups excluding tert-OH is 1. The molecule has 17 heavy (non-hydrogen) atoms. The second kappa shape index (κ2) is 5.25. The average molecular weight is 239 g/mol. The Hall–Kier alpha value is -0.120. The molecule has 1 saturated carbocycles. The molecule has 0 amide bonds. The zero-order valence-electron chi connectivity index (χ0n) is 10.6. The van der Waals surface area contributed by atoms with Crippen molar-refractivity contribution in [3.05, 3.63) is 0 Å². The molecule has 3 heteroatoms. The molecular weight excluding hydrogens is 214 g/mol. The lowest BCUT2D eigenvalue weighted by Crippen LogP contribution is -2.41. The first kappa shape index (κ1) is 11.9. The molecule has 98 valence electrons. The van der Waals surface area contributed by atoms with Crippen molar-refractivity contribution in [2.45, 2.75) is 75.7 Å². The van der Waals surface area contributed by atoms with Crippen LogP contribution in [0.2, 0.25) is 0 Å². The van der Waals surface area contributed by atoms with Crippen LogP contribution in [-0.4, -0.2) is 36.0 Å². The fraction of sp³-hybridized carbons (Fsp3) is 1.00. The van der Waals surface area contributed by atoms with Crippen LogP contribution in [0, 0.1) is 5.92 Å². The SMILES string of the molecule is OC(CNC1CC2CCC1O2)CC1CCCC1. The minimum absolute atomic E-state index is 0.155. The van der Waals surface area contributed by atoms with Crippen LogP contribution in [0.3, 0.4) is 0 Å². The first-order valence-electron chi connectivity index (χ1n) is 7.38. The Morgan fingerprint density at radius 3 is 2.65 bits per heavy atom. The predicted molar refractivity (Wildman–Crippen MR) is 66.9 cm³/mol. The van der Waals surface area contributed by atoms with E-state index in [0.717, 1.165) is 25.3 Å². The maximum atomic E-state index is 10.0. The summed E-state index contributed by atoms with van der Waals surface area (Å²) in [5, 5.41) is 13.5. The lowest BCUT2D eigenvalue weighted by atomic mass is 9.95. The van der Waals surface area contributed by atoms with Crippen molar-refractivity contribution in [1.82, 2.24) is 5.32 Å². The van der Waals surface area contributed by atoms with Gasteiger partial charge in [-0.25, -0.2) is 0 Å². The molecule has 3 fully saturated rings. The van der Waals surface area contributed by atoms with E-state index in [0.29, 0.717) is 18.2 Å². The van der Waals surface area contributed by atoms with Crippen molar-refractivity contribution in [1.29, 1.82) is 0 Å². The number of ether oxygens (including phenoxy) is 1. The Morgan fingerprint density at radius 1 is 1.18 bits per heavy atom. The van der Waals surface area contributed by atoms with E-state index in [9.17, 15) is 5.11 Å². The van der Waals surface area contributed by atoms with E-state index in [4.69, 9.17) is 4.74 Å². The Labute approximate surface area is 104 Å². The number of aliphatic hydroxyl groups is 1. The van der Waals surface area contributed by atoms with Crippen LogP contribution >= 0.6 is 0 Å². The first-order valence-corrected chi connectivity index (χ1v) is 7.38. The second-order valence-electron chi connectivity index (χ2n) is 6.16. The highest BCUT2D eigenvalue weighted by Crippen LogP contribution is 2.34. The molecule has 4 atom stereocenters. The largest absolute Gasteiger partial charge is 0.392 e. The third-order valence-corrected chi connectivity index (χ3v) is 4.80. The van der Waals surface area contributed by atoms with E-state index in [1.165, 1.54) is 38.5 Å². The van der Waals surface area contributed by atoms with Crippen LogP contribution in [-0.2, 0) is 4.74 Å². The monoisotopic (exact) mass is 239 g/mol. The van der Waals surface area contributed by atoms with Gasteiger partial charge >= 0.3 is 0 Å². The van der Waals surface area contributed by atoms with Crippen molar-refractivity contribution in [3.63, 3.8) is 0 Å². The van der Waals surface area contributed by atoms with Gasteiger partial charge in [0.1, 0.15) is 0 Å². The fourth-order valence-corrected chi connectivity index (χ4v) is 3.85. The first-order chi connectivity index (χ1) is 8.31. The van der Waals surface area contributed by atoms with Gasteiger partial charge < -0.3 is 15.2 Å². The van der Waals surface area contributed by atoms with E-state index in [2.05, 4.69) is 5.32 Å². The maximum Gasteiger partial charge on any atom is 0.0733 e. The van der Waals surface area contributed by atoms with Gasteiger partial charge in [0.15, 0.2) is 0 Å². The highest BCUT2D eigenvalue weighted by molar-refractivity contribution is 4.94. The highest BCUT2D eigenvalue weighted by atomic mass is 16.5. The number of nitrogens with one attached hydrogen (secondary N) is 1. The summed E-state index contributed by atoms with van der Waals surface area (Å²) >= 11 is 0. The van der Waals surface area contributed by atoms with Gasteiger partial charge in [-0.2, -0.15) is 0 Å². The van der Waals surface area contributed by atoms with Crippen molar-refractivity contribution < 1.29 is 9.84 Å². The van der Waals surface area contributed by atoms with Gasteiger partial charge in [-0.05, 0) is 31.6 Å². The van der Waals surface area contributed by atoms with Crippen LogP contribution in [0.15, 0.2) is 0 Å². The van der Waals surface area contributed by atoms with Gasteiger partial charge in [0, 0.05) is 12.6 Å². The number of hydrogen-bond donors (Lipinski definition) is 2. The average Bonchev–Trinajstić information content (AvgIpc) is 3.02. The fourth-order valence-electron chi connectivity index (χ4n) is 3.85. The molecule has 4 unspecified atom stereocenters. The second-order valence-corrected chi connectivity index (χ2v) is 6.16. The molecule has 3 rings (SSSR count). The highest BCUT2D eigenvalue weighted by Gasteiger charge is 2.40. The topological polar surface area (TPSA) is 41.5 Å². The van der Waals surface area contributed by atoms with Crippen molar-refractivity contribution >= 4 is 0 Å². The molecule has 0 spiro atoms. The van der Waals surface area contributed by atoms with Gasteiger partial charge in [0.2, 0.25) is 0 Å². The minimum atomic E-state index is -0.155. The molecule has 3 aliphatic rings. The number of hydrogen-bond acceptors (Lipinski definition) is 3. The zero-order valence-corrected chi connectivity index (χ0v) is 10.6. The molecule has 2 bridgehead atoms. The molecule has 0 aromatic carbocycles. The molecule has 0 aromatic heterocycles. The van der Waals surface area contributed by atoms with Gasteiger partial charge in [0.05, 0.1) is 18.3 Å². The third-order valence-electron chi connectivity index (χ3n) is 4.80. The van der Waals surface area contributed by atoms with Gasteiger partial charge in [-0.15, -0.1) is 0 Å². The molecule has 2 saturated heterocycles. The Bertz CT molecular complexity index is 253. The van der Waals surface area contributed by atoms with Crippen LogP contribution < -0.4 is 5.32 Å². The normalized spacial score (nSPS) is 39.0. The van der Waals surface area contributed by atoms with E-state index in [1.54, 1.807) is 0 Å². The minimum Gasteiger partial charge on any atom is -0.392 e. The number of rotatable bonds is 5. The van der Waals surface area contributed by atoms with Crippen molar-refractivity contribution in [2.75, 3.05) is 6.54 Å². The van der Waals surface area contributed by atoms with Gasteiger partial charge in [-0.1, -0.05) is 25.7 Å². The molecule has 2 heterocycles. The predicted octanol–water partition coefficient (Wildman–Crippen LogP) is 1.84. The van der Waals surface area contributed by atoms with Gasteiger partial charge in [-0.3, -0.25) is 0 Å². The van der Waals surface area contributed by atoms with Crippen LogP contribution in [0.25, 0.3) is 0 Å². The molecule has 0 radical (unpaired) electrons. The summed E-state index contributed by atoms with van der Waals surface area (Å²) in [5.74, 6) is 0.781. The van der Waals surface area contributed by atoms with Crippen molar-refractivity contribution in [2.24, 2.45) is 5.92 Å². The smallest absolute Gasteiger partial charge is 0.0733 e. The third kappa shape index (κ3) is 2.83. The molecule has 3 nitrogen and oxygen atoms in total. The quantitative estimate of drug-likeness (QED) is 0.769. The summed E-state index contributed by atoms with van der Waals surface area (Å²) in [4.78, 5) is 0. The van der Waals surface area contributed by atoms with E-state index in [-0.39, 0.29) is 6.10 Å². The van der Waals surface area contributed by atoms with Crippen LogP contribution in [0.5, 0.6) is 0 Å². The Morgan fingerprint density at radius 2 is 2.00 bits per heavy atom. The van der Waals surface area contributed by atoms with E-state index < -0.39 is 0 Å². The Balaban J connectivity index is 1.36. The molecule has 1 aliphatic carbocycles. The lowest BCUT2D eigenvalue weighted by molar-refractivity contribution is 0.0921. The standard InChI is InChI=1S/C14H25NO2/c16-11(7-10-3-1-2-4-10)9-15-13-8-12-5-6-14(13)17-12/h10-16H,1-9H2. The van der Waals surface area contributed by atoms with Gasteiger partial charge in [0.25, 0.3) is 0 Å².